The number of hydrogen-bond acceptors (Lipinski definition) is 4. The van der Waals surface area contributed by atoms with Crippen molar-refractivity contribution in [3.8, 4) is 11.4 Å². The van der Waals surface area contributed by atoms with E-state index in [1.807, 2.05) is 43.3 Å². The van der Waals surface area contributed by atoms with Gasteiger partial charge in [-0.2, -0.15) is 0 Å². The summed E-state index contributed by atoms with van der Waals surface area (Å²) in [6.07, 6.45) is 4.28. The molecule has 1 heterocycles. The molecule has 0 aliphatic rings. The molecule has 140 valence electrons. The summed E-state index contributed by atoms with van der Waals surface area (Å²) in [7, 11) is 0. The smallest absolute Gasteiger partial charge is 0.262 e. The number of anilines is 1. The van der Waals surface area contributed by atoms with E-state index in [1.54, 1.807) is 17.2 Å². The second kappa shape index (κ2) is 8.49. The highest BCUT2D eigenvalue weighted by Gasteiger charge is 2.12. The Morgan fingerprint density at radius 3 is 2.52 bits per heavy atom. The predicted octanol–water partition coefficient (Wildman–Crippen LogP) is 4.11. The topological polar surface area (TPSA) is 69.0 Å². The van der Waals surface area contributed by atoms with Gasteiger partial charge in [0.05, 0.1) is 5.69 Å². The van der Waals surface area contributed by atoms with Crippen LogP contribution in [0.4, 0.5) is 5.69 Å². The van der Waals surface area contributed by atoms with Crippen LogP contribution in [0.1, 0.15) is 37.3 Å². The number of carbonyl (C=O) groups excluding carboxylic acids is 1. The Morgan fingerprint density at radius 2 is 1.85 bits per heavy atom. The van der Waals surface area contributed by atoms with E-state index in [9.17, 15) is 4.79 Å². The summed E-state index contributed by atoms with van der Waals surface area (Å²) in [5.41, 5.74) is 3.92. The van der Waals surface area contributed by atoms with Crippen LogP contribution >= 0.6 is 0 Å². The van der Waals surface area contributed by atoms with Crippen molar-refractivity contribution in [3.63, 3.8) is 0 Å². The molecule has 6 nitrogen and oxygen atoms in total. The quantitative estimate of drug-likeness (QED) is 0.685. The molecule has 2 aromatic carbocycles. The number of hydrogen-bond donors (Lipinski definition) is 1. The molecule has 0 saturated heterocycles. The lowest BCUT2D eigenvalue weighted by Gasteiger charge is -2.16. The monoisotopic (exact) mass is 364 g/mol. The number of carbonyl (C=O) groups is 1. The highest BCUT2D eigenvalue weighted by atomic mass is 16.5. The molecule has 1 N–H and O–H groups in total. The Hall–Kier alpha value is -3.15. The highest BCUT2D eigenvalue weighted by Crippen LogP contribution is 2.28. The Bertz CT molecular complexity index is 889. The van der Waals surface area contributed by atoms with Gasteiger partial charge in [-0.3, -0.25) is 9.36 Å². The van der Waals surface area contributed by atoms with Crippen LogP contribution in [0.25, 0.3) is 5.69 Å². The van der Waals surface area contributed by atoms with E-state index in [0.29, 0.717) is 11.7 Å². The molecule has 0 bridgehead atoms. The van der Waals surface area contributed by atoms with Crippen molar-refractivity contribution in [3.05, 3.63) is 66.2 Å². The maximum atomic E-state index is 12.2. The second-order valence-electron chi connectivity index (χ2n) is 6.61. The van der Waals surface area contributed by atoms with Crippen LogP contribution in [0.2, 0.25) is 0 Å². The van der Waals surface area contributed by atoms with Crippen molar-refractivity contribution in [1.29, 1.82) is 0 Å². The minimum Gasteiger partial charge on any atom is -0.482 e. The first kappa shape index (κ1) is 18.6. The average Bonchev–Trinajstić information content (AvgIpc) is 3.22. The number of rotatable bonds is 7. The molecule has 3 aromatic rings. The van der Waals surface area contributed by atoms with Gasteiger partial charge in [0.25, 0.3) is 5.91 Å². The van der Waals surface area contributed by atoms with E-state index in [0.717, 1.165) is 23.4 Å². The van der Waals surface area contributed by atoms with Gasteiger partial charge in [-0.05, 0) is 49.1 Å². The fourth-order valence-electron chi connectivity index (χ4n) is 2.70. The van der Waals surface area contributed by atoms with Gasteiger partial charge in [-0.25, -0.2) is 0 Å². The van der Waals surface area contributed by atoms with Gasteiger partial charge in [0.1, 0.15) is 18.4 Å². The predicted molar refractivity (Wildman–Crippen MR) is 105 cm³/mol. The summed E-state index contributed by atoms with van der Waals surface area (Å²) in [6.45, 7) is 6.26. The third kappa shape index (κ3) is 4.73. The average molecular weight is 364 g/mol. The van der Waals surface area contributed by atoms with Gasteiger partial charge in [0.2, 0.25) is 0 Å². The Morgan fingerprint density at radius 1 is 1.15 bits per heavy atom. The maximum Gasteiger partial charge on any atom is 0.262 e. The van der Waals surface area contributed by atoms with Gasteiger partial charge >= 0.3 is 0 Å². The maximum absolute atomic E-state index is 12.2. The molecular formula is C21H24N4O2. The summed E-state index contributed by atoms with van der Waals surface area (Å²) < 4.78 is 7.59. The minimum atomic E-state index is -0.209. The number of nitrogens with zero attached hydrogens (tertiary/aromatic N) is 3. The number of amides is 1. The molecule has 0 saturated carbocycles. The number of benzene rings is 2. The lowest BCUT2D eigenvalue weighted by molar-refractivity contribution is -0.118. The fraction of sp³-hybridized carbons (Fsp3) is 0.286. The number of ether oxygens (including phenoxy) is 1. The largest absolute Gasteiger partial charge is 0.482 e. The first-order chi connectivity index (χ1) is 13.1. The lowest BCUT2D eigenvalue weighted by atomic mass is 9.98. The number of aryl methyl sites for hydroxylation is 1. The Kier molecular flexibility index (Phi) is 5.86. The molecule has 1 aromatic heterocycles. The van der Waals surface area contributed by atoms with Gasteiger partial charge in [-0.1, -0.05) is 37.6 Å². The van der Waals surface area contributed by atoms with E-state index < -0.39 is 0 Å². The zero-order valence-electron chi connectivity index (χ0n) is 15.8. The first-order valence-corrected chi connectivity index (χ1v) is 9.05. The van der Waals surface area contributed by atoms with E-state index >= 15 is 0 Å². The molecule has 0 radical (unpaired) electrons. The minimum absolute atomic E-state index is 0.0777. The van der Waals surface area contributed by atoms with Gasteiger partial charge in [0, 0.05) is 5.69 Å². The van der Waals surface area contributed by atoms with Crippen molar-refractivity contribution in [2.45, 2.75) is 33.1 Å². The molecule has 0 spiro atoms. The standard InChI is InChI=1S/C21H24N4O2/c1-4-16(3)17-7-10-20(19(11-17)25-13-22-23-14-25)27-12-21(26)24-18-8-5-15(2)6-9-18/h5-11,13-14,16H,4,12H2,1-3H3,(H,24,26)/t16-/m0/s1. The Balaban J connectivity index is 1.73. The van der Waals surface area contributed by atoms with Crippen molar-refractivity contribution >= 4 is 11.6 Å². The summed E-state index contributed by atoms with van der Waals surface area (Å²) in [5.74, 6) is 0.833. The zero-order valence-corrected chi connectivity index (χ0v) is 15.8. The second-order valence-corrected chi connectivity index (χ2v) is 6.61. The summed E-state index contributed by atoms with van der Waals surface area (Å²) in [4.78, 5) is 12.2. The van der Waals surface area contributed by atoms with Crippen LogP contribution in [-0.4, -0.2) is 27.3 Å². The van der Waals surface area contributed by atoms with E-state index in [2.05, 4.69) is 35.4 Å². The number of nitrogens with one attached hydrogen (secondary N) is 1. The van der Waals surface area contributed by atoms with Crippen LogP contribution in [-0.2, 0) is 4.79 Å². The van der Waals surface area contributed by atoms with Gasteiger partial charge in [-0.15, -0.1) is 10.2 Å². The van der Waals surface area contributed by atoms with E-state index in [-0.39, 0.29) is 12.5 Å². The molecule has 1 amide bonds. The van der Waals surface area contributed by atoms with Crippen LogP contribution in [0.5, 0.6) is 5.75 Å². The van der Waals surface area contributed by atoms with E-state index in [1.165, 1.54) is 5.56 Å². The normalized spacial score (nSPS) is 11.8. The lowest BCUT2D eigenvalue weighted by Crippen LogP contribution is -2.20. The Labute approximate surface area is 159 Å². The van der Waals surface area contributed by atoms with Crippen LogP contribution in [0, 0.1) is 6.92 Å². The molecule has 0 fully saturated rings. The van der Waals surface area contributed by atoms with Crippen LogP contribution in [0.3, 0.4) is 0 Å². The van der Waals surface area contributed by atoms with Crippen LogP contribution < -0.4 is 10.1 Å². The highest BCUT2D eigenvalue weighted by molar-refractivity contribution is 5.91. The molecule has 0 aliphatic heterocycles. The molecule has 3 rings (SSSR count). The molecule has 27 heavy (non-hydrogen) atoms. The van der Waals surface area contributed by atoms with Gasteiger partial charge in [0.15, 0.2) is 6.61 Å². The van der Waals surface area contributed by atoms with Crippen molar-refractivity contribution in [2.75, 3.05) is 11.9 Å². The molecule has 0 aliphatic carbocycles. The molecular weight excluding hydrogens is 340 g/mol. The van der Waals surface area contributed by atoms with Crippen LogP contribution in [0.15, 0.2) is 55.1 Å². The summed E-state index contributed by atoms with van der Waals surface area (Å²) >= 11 is 0. The molecule has 1 atom stereocenters. The summed E-state index contributed by atoms with van der Waals surface area (Å²) in [5, 5.41) is 10.6. The molecule has 6 heteroatoms. The third-order valence-corrected chi connectivity index (χ3v) is 4.56. The van der Waals surface area contributed by atoms with Crippen molar-refractivity contribution < 1.29 is 9.53 Å². The fourth-order valence-corrected chi connectivity index (χ4v) is 2.70. The zero-order chi connectivity index (χ0) is 19.2. The van der Waals surface area contributed by atoms with Crippen molar-refractivity contribution in [2.24, 2.45) is 0 Å². The third-order valence-electron chi connectivity index (χ3n) is 4.56. The molecule has 0 unspecified atom stereocenters. The van der Waals surface area contributed by atoms with Gasteiger partial charge < -0.3 is 10.1 Å². The van der Waals surface area contributed by atoms with E-state index in [4.69, 9.17) is 4.74 Å². The number of aromatic nitrogens is 3. The first-order valence-electron chi connectivity index (χ1n) is 9.05. The van der Waals surface area contributed by atoms with Crippen molar-refractivity contribution in [1.82, 2.24) is 14.8 Å². The summed E-state index contributed by atoms with van der Waals surface area (Å²) in [6, 6.07) is 13.6. The SMILES string of the molecule is CC[C@H](C)c1ccc(OCC(=O)Nc2ccc(C)cc2)c(-n2cnnc2)c1.